The lowest BCUT2D eigenvalue weighted by molar-refractivity contribution is 0.103. The van der Waals surface area contributed by atoms with Crippen LogP contribution in [-0.4, -0.2) is 5.78 Å². The number of halogens is 1. The van der Waals surface area contributed by atoms with Crippen molar-refractivity contribution in [2.24, 2.45) is 0 Å². The number of rotatable bonds is 2. The number of hydrogen-bond acceptors (Lipinski definition) is 2. The average Bonchev–Trinajstić information content (AvgIpc) is 2.57. The zero-order valence-corrected chi connectivity index (χ0v) is 11.2. The molecule has 0 aliphatic heterocycles. The normalized spacial score (nSPS) is 10.4. The Labute approximate surface area is 108 Å². The summed E-state index contributed by atoms with van der Waals surface area (Å²) in [5.41, 5.74) is 1.36. The lowest BCUT2D eigenvalue weighted by atomic mass is 10.0. The number of benzene rings is 1. The van der Waals surface area contributed by atoms with Crippen molar-refractivity contribution < 1.29 is 9.21 Å². The molecule has 0 aliphatic rings. The zero-order valence-electron chi connectivity index (χ0n) is 9.08. The van der Waals surface area contributed by atoms with Gasteiger partial charge in [-0.1, -0.05) is 12.1 Å². The third kappa shape index (κ3) is 2.19. The molecule has 0 spiro atoms. The first-order valence-electron chi connectivity index (χ1n) is 4.95. The molecule has 0 amide bonds. The summed E-state index contributed by atoms with van der Waals surface area (Å²) in [6.45, 7) is 3.66. The van der Waals surface area contributed by atoms with Crippen molar-refractivity contribution in [3.05, 3.63) is 56.5 Å². The first kappa shape index (κ1) is 11.4. The second-order valence-electron chi connectivity index (χ2n) is 3.67. The Morgan fingerprint density at radius 2 is 2.00 bits per heavy atom. The molecule has 0 unspecified atom stereocenters. The Bertz CT molecular complexity index is 541. The van der Waals surface area contributed by atoms with Crippen LogP contribution in [0.15, 0.2) is 34.7 Å². The van der Waals surface area contributed by atoms with Gasteiger partial charge in [-0.25, -0.2) is 0 Å². The third-order valence-electron chi connectivity index (χ3n) is 2.37. The number of ketones is 1. The highest BCUT2D eigenvalue weighted by Gasteiger charge is 2.15. The van der Waals surface area contributed by atoms with Crippen molar-refractivity contribution in [3.63, 3.8) is 0 Å². The Morgan fingerprint density at radius 3 is 2.56 bits per heavy atom. The lowest BCUT2D eigenvalue weighted by Gasteiger charge is -1.99. The van der Waals surface area contributed by atoms with Gasteiger partial charge in [0.2, 0.25) is 0 Å². The van der Waals surface area contributed by atoms with E-state index in [9.17, 15) is 4.79 Å². The summed E-state index contributed by atoms with van der Waals surface area (Å²) >= 11 is 2.20. The van der Waals surface area contributed by atoms with Gasteiger partial charge in [-0.05, 0) is 54.6 Å². The van der Waals surface area contributed by atoms with Gasteiger partial charge >= 0.3 is 0 Å². The van der Waals surface area contributed by atoms with Crippen LogP contribution < -0.4 is 0 Å². The fourth-order valence-electron chi connectivity index (χ4n) is 1.64. The highest BCUT2D eigenvalue weighted by Crippen LogP contribution is 2.19. The Kier molecular flexibility index (Phi) is 3.14. The van der Waals surface area contributed by atoms with Crippen molar-refractivity contribution in [1.82, 2.24) is 0 Å². The standard InChI is InChI=1S/C13H11IO2/c1-8-6-12(9(2)16-8)13(15)10-4-3-5-11(14)7-10/h3-7H,1-2H3. The van der Waals surface area contributed by atoms with Crippen LogP contribution in [0.3, 0.4) is 0 Å². The number of aryl methyl sites for hydroxylation is 2. The largest absolute Gasteiger partial charge is 0.466 e. The number of carbonyl (C=O) groups excluding carboxylic acids is 1. The van der Waals surface area contributed by atoms with Crippen LogP contribution >= 0.6 is 22.6 Å². The van der Waals surface area contributed by atoms with Crippen molar-refractivity contribution in [1.29, 1.82) is 0 Å². The predicted molar refractivity (Wildman–Crippen MR) is 70.8 cm³/mol. The molecule has 0 radical (unpaired) electrons. The highest BCUT2D eigenvalue weighted by molar-refractivity contribution is 14.1. The van der Waals surface area contributed by atoms with E-state index >= 15 is 0 Å². The fraction of sp³-hybridized carbons (Fsp3) is 0.154. The molecular weight excluding hydrogens is 315 g/mol. The smallest absolute Gasteiger partial charge is 0.196 e. The van der Waals surface area contributed by atoms with E-state index in [0.717, 1.165) is 9.33 Å². The van der Waals surface area contributed by atoms with Gasteiger partial charge in [0.1, 0.15) is 11.5 Å². The molecule has 2 aromatic rings. The maximum Gasteiger partial charge on any atom is 0.196 e. The highest BCUT2D eigenvalue weighted by atomic mass is 127. The van der Waals surface area contributed by atoms with Crippen LogP contribution in [0.25, 0.3) is 0 Å². The van der Waals surface area contributed by atoms with Crippen molar-refractivity contribution in [2.45, 2.75) is 13.8 Å². The van der Waals surface area contributed by atoms with Crippen molar-refractivity contribution >= 4 is 28.4 Å². The van der Waals surface area contributed by atoms with E-state index in [-0.39, 0.29) is 5.78 Å². The fourth-order valence-corrected chi connectivity index (χ4v) is 2.18. The number of carbonyl (C=O) groups is 1. The summed E-state index contributed by atoms with van der Waals surface area (Å²) in [6.07, 6.45) is 0. The van der Waals surface area contributed by atoms with Gasteiger partial charge in [-0.15, -0.1) is 0 Å². The zero-order chi connectivity index (χ0) is 11.7. The Hall–Kier alpha value is -1.10. The predicted octanol–water partition coefficient (Wildman–Crippen LogP) is 3.73. The van der Waals surface area contributed by atoms with Gasteiger partial charge in [-0.2, -0.15) is 0 Å². The number of hydrogen-bond donors (Lipinski definition) is 0. The summed E-state index contributed by atoms with van der Waals surface area (Å²) in [6, 6.07) is 9.34. The van der Waals surface area contributed by atoms with Crippen LogP contribution in [0.1, 0.15) is 27.4 Å². The minimum Gasteiger partial charge on any atom is -0.466 e. The molecule has 0 saturated carbocycles. The molecule has 3 heteroatoms. The summed E-state index contributed by atoms with van der Waals surface area (Å²) < 4.78 is 6.42. The van der Waals surface area contributed by atoms with E-state index in [1.54, 1.807) is 6.07 Å². The molecular formula is C13H11IO2. The van der Waals surface area contributed by atoms with Crippen LogP contribution in [0.2, 0.25) is 0 Å². The molecule has 0 atom stereocenters. The molecule has 82 valence electrons. The summed E-state index contributed by atoms with van der Waals surface area (Å²) in [5.74, 6) is 1.47. The molecule has 1 heterocycles. The monoisotopic (exact) mass is 326 g/mol. The molecule has 2 nitrogen and oxygen atoms in total. The average molecular weight is 326 g/mol. The molecule has 0 N–H and O–H groups in total. The Balaban J connectivity index is 2.43. The van der Waals surface area contributed by atoms with Gasteiger partial charge in [-0.3, -0.25) is 4.79 Å². The van der Waals surface area contributed by atoms with Crippen LogP contribution in [0, 0.1) is 17.4 Å². The van der Waals surface area contributed by atoms with Gasteiger partial charge < -0.3 is 4.42 Å². The maximum absolute atomic E-state index is 12.2. The molecule has 1 aromatic heterocycles. The van der Waals surface area contributed by atoms with E-state index in [1.165, 1.54) is 0 Å². The van der Waals surface area contributed by atoms with E-state index in [1.807, 2.05) is 38.1 Å². The minimum absolute atomic E-state index is 0.0212. The quantitative estimate of drug-likeness (QED) is 0.622. The van der Waals surface area contributed by atoms with Gasteiger partial charge in [0.25, 0.3) is 0 Å². The van der Waals surface area contributed by atoms with Gasteiger partial charge in [0.05, 0.1) is 5.56 Å². The van der Waals surface area contributed by atoms with Crippen LogP contribution in [0.4, 0.5) is 0 Å². The molecule has 16 heavy (non-hydrogen) atoms. The summed E-state index contributed by atoms with van der Waals surface area (Å²) in [5, 5.41) is 0. The molecule has 0 saturated heterocycles. The van der Waals surface area contributed by atoms with E-state index in [0.29, 0.717) is 16.9 Å². The minimum atomic E-state index is 0.0212. The van der Waals surface area contributed by atoms with Crippen molar-refractivity contribution in [2.75, 3.05) is 0 Å². The second kappa shape index (κ2) is 4.41. The van der Waals surface area contributed by atoms with E-state index in [2.05, 4.69) is 22.6 Å². The van der Waals surface area contributed by atoms with Crippen molar-refractivity contribution in [3.8, 4) is 0 Å². The Morgan fingerprint density at radius 1 is 1.25 bits per heavy atom. The molecule has 0 bridgehead atoms. The molecule has 0 aliphatic carbocycles. The number of furan rings is 1. The maximum atomic E-state index is 12.2. The van der Waals surface area contributed by atoms with Gasteiger partial charge in [0.15, 0.2) is 5.78 Å². The van der Waals surface area contributed by atoms with E-state index < -0.39 is 0 Å². The van der Waals surface area contributed by atoms with Gasteiger partial charge in [0, 0.05) is 9.13 Å². The van der Waals surface area contributed by atoms with Crippen LogP contribution in [0.5, 0.6) is 0 Å². The molecule has 0 fully saturated rings. The first-order chi connectivity index (χ1) is 7.58. The summed E-state index contributed by atoms with van der Waals surface area (Å²) in [4.78, 5) is 12.2. The lowest BCUT2D eigenvalue weighted by Crippen LogP contribution is -2.01. The van der Waals surface area contributed by atoms with Crippen LogP contribution in [-0.2, 0) is 0 Å². The SMILES string of the molecule is Cc1cc(C(=O)c2cccc(I)c2)c(C)o1. The topological polar surface area (TPSA) is 30.2 Å². The molecule has 1 aromatic carbocycles. The summed E-state index contributed by atoms with van der Waals surface area (Å²) in [7, 11) is 0. The third-order valence-corrected chi connectivity index (χ3v) is 3.04. The molecule has 2 rings (SSSR count). The first-order valence-corrected chi connectivity index (χ1v) is 6.03. The second-order valence-corrected chi connectivity index (χ2v) is 4.91. The van der Waals surface area contributed by atoms with E-state index in [4.69, 9.17) is 4.42 Å².